The third-order valence-corrected chi connectivity index (χ3v) is 17.0. The van der Waals surface area contributed by atoms with Gasteiger partial charge in [0.05, 0.1) is 13.2 Å². The predicted molar refractivity (Wildman–Crippen MR) is 271 cm³/mol. The van der Waals surface area contributed by atoms with E-state index in [4.69, 9.17) is 19.3 Å². The van der Waals surface area contributed by atoms with Gasteiger partial charge < -0.3 is 54.0 Å². The number of nitrogens with one attached hydrogen (secondary N) is 1. The van der Waals surface area contributed by atoms with Gasteiger partial charge in [-0.25, -0.2) is 14.4 Å². The van der Waals surface area contributed by atoms with Crippen LogP contribution in [0.3, 0.4) is 0 Å². The van der Waals surface area contributed by atoms with Gasteiger partial charge in [0.15, 0.2) is 0 Å². The topological polar surface area (TPSA) is 165 Å². The molecule has 0 bridgehead atoms. The summed E-state index contributed by atoms with van der Waals surface area (Å²) in [6.07, 6.45) is 18.5. The van der Waals surface area contributed by atoms with Gasteiger partial charge in [-0.3, -0.25) is 9.59 Å². The zero-order valence-corrected chi connectivity index (χ0v) is 43.7. The number of piperidine rings is 2. The van der Waals surface area contributed by atoms with E-state index in [0.29, 0.717) is 54.4 Å². The molecule has 0 radical (unpaired) electrons. The van der Waals surface area contributed by atoms with Crippen molar-refractivity contribution in [3.8, 4) is 0 Å². The van der Waals surface area contributed by atoms with Crippen molar-refractivity contribution in [1.82, 2.24) is 34.7 Å². The Labute approximate surface area is 424 Å². The first-order valence-electron chi connectivity index (χ1n) is 26.8. The van der Waals surface area contributed by atoms with E-state index in [-0.39, 0.29) is 37.7 Å². The number of carbonyl (C=O) groups excluding carboxylic acids is 4. The van der Waals surface area contributed by atoms with Crippen molar-refractivity contribution in [2.45, 2.75) is 154 Å². The van der Waals surface area contributed by atoms with E-state index in [0.717, 1.165) is 74.0 Å². The number of carbonyl (C=O) groups is 5. The molecule has 70 heavy (non-hydrogen) atoms. The summed E-state index contributed by atoms with van der Waals surface area (Å²) in [6.45, 7) is 17.3. The lowest BCUT2D eigenvalue weighted by molar-refractivity contribution is -0.137. The molecule has 2 spiro atoms. The quantitative estimate of drug-likeness (QED) is 0.196. The van der Waals surface area contributed by atoms with Crippen LogP contribution in [0, 0.1) is 22.7 Å². The van der Waals surface area contributed by atoms with Crippen molar-refractivity contribution in [2.75, 3.05) is 92.3 Å². The minimum atomic E-state index is -1.07. The van der Waals surface area contributed by atoms with Crippen LogP contribution in [0.2, 0.25) is 0 Å². The number of benzene rings is 1. The highest BCUT2D eigenvalue weighted by Gasteiger charge is 2.53. The van der Waals surface area contributed by atoms with Gasteiger partial charge in [0.2, 0.25) is 5.91 Å². The third-order valence-electron chi connectivity index (χ3n) is 17.0. The number of ether oxygens (including phenoxy) is 3. The summed E-state index contributed by atoms with van der Waals surface area (Å²) in [5, 5.41) is 12.2. The molecule has 2 N–H and O–H groups in total. The number of hydrogen-bond donors (Lipinski definition) is 2. The maximum atomic E-state index is 12.5. The summed E-state index contributed by atoms with van der Waals surface area (Å²) >= 11 is 0. The number of amides is 4. The molecule has 9 rings (SSSR count). The fourth-order valence-electron chi connectivity index (χ4n) is 13.2. The molecule has 6 heterocycles. The van der Waals surface area contributed by atoms with Crippen LogP contribution < -0.4 is 5.32 Å². The fourth-order valence-corrected chi connectivity index (χ4v) is 13.2. The highest BCUT2D eigenvalue weighted by atomic mass is 35.5. The number of nitrogens with zero attached hydrogens (tertiary/aromatic N) is 6. The molecule has 2 unspecified atom stereocenters. The molecular weight excluding hydrogens is 914 g/mol. The zero-order valence-electron chi connectivity index (χ0n) is 42.9. The first-order chi connectivity index (χ1) is 33.3. The molecule has 0 aromatic heterocycles. The number of rotatable bonds is 12. The Hall–Kier alpha value is -3.86. The Balaban J connectivity index is 0.000000178. The summed E-state index contributed by atoms with van der Waals surface area (Å²) in [6, 6.07) is 11.9. The summed E-state index contributed by atoms with van der Waals surface area (Å²) in [7, 11) is 1.38. The average molecular weight is 1000 g/mol. The van der Waals surface area contributed by atoms with Crippen LogP contribution in [0.4, 0.5) is 14.4 Å². The van der Waals surface area contributed by atoms with E-state index in [1.807, 2.05) is 54.0 Å². The summed E-state index contributed by atoms with van der Waals surface area (Å²) in [5.41, 5.74) is 1.62. The van der Waals surface area contributed by atoms with Crippen LogP contribution in [0.5, 0.6) is 0 Å². The van der Waals surface area contributed by atoms with Crippen molar-refractivity contribution >= 4 is 42.6 Å². The Morgan fingerprint density at radius 1 is 0.700 bits per heavy atom. The number of hydrogen-bond acceptors (Lipinski definition) is 11. The van der Waals surface area contributed by atoms with Crippen molar-refractivity contribution < 1.29 is 43.3 Å². The van der Waals surface area contributed by atoms with Gasteiger partial charge in [-0.1, -0.05) is 37.3 Å². The van der Waals surface area contributed by atoms with Gasteiger partial charge in [-0.2, -0.15) is 0 Å². The first kappa shape index (κ1) is 55.5. The number of halogens is 1. The molecule has 394 valence electrons. The standard InChI is InChI=1S/C23H39N3O3.C19H33N3O2.C11H13NO4.ClH/c1-3-6-21(27)26-11-5-7-20(26)18-8-12-24(13-9-18)19-15-23(16-19)10-14-25(17-23)22(28)29-4-2;1-2-24-18(23)22-11-7-19(14-22)12-16(13-19)21-9-5-15(6-10-21)17-4-3-8-20-17;1-12(7-10(13)14)11(15)16-8-9-5-3-2-4-6-9;/h18-20H,3-17H2,1-2H3;15-17,20H,2-14H2,1H3;2-6H,7-8H2,1H3,(H,13,14);1H. The Kier molecular flexibility index (Phi) is 20.8. The molecule has 6 aliphatic heterocycles. The number of aliphatic carboxylic acids is 1. The van der Waals surface area contributed by atoms with E-state index < -0.39 is 12.1 Å². The number of carboxylic acids is 1. The normalized spacial score (nSPS) is 28.9. The molecule has 1 aromatic carbocycles. The smallest absolute Gasteiger partial charge is 0.410 e. The van der Waals surface area contributed by atoms with Crippen LogP contribution in [-0.2, 0) is 30.4 Å². The molecule has 2 aliphatic carbocycles. The van der Waals surface area contributed by atoms with Gasteiger partial charge in [0, 0.05) is 70.4 Å². The lowest BCUT2D eigenvalue weighted by atomic mass is 9.64. The molecule has 1 aromatic rings. The molecular formula is C53H86ClN7O9. The second-order valence-electron chi connectivity index (χ2n) is 21.7. The maximum Gasteiger partial charge on any atom is 0.410 e. The van der Waals surface area contributed by atoms with Crippen molar-refractivity contribution in [3.05, 3.63) is 35.9 Å². The van der Waals surface area contributed by atoms with Crippen molar-refractivity contribution in [2.24, 2.45) is 22.7 Å². The minimum Gasteiger partial charge on any atom is -0.480 e. The largest absolute Gasteiger partial charge is 0.480 e. The monoisotopic (exact) mass is 1000 g/mol. The van der Waals surface area contributed by atoms with Gasteiger partial charge in [-0.15, -0.1) is 12.4 Å². The number of likely N-dealkylation sites (tertiary alicyclic amines) is 5. The second kappa shape index (κ2) is 26.2. The molecule has 6 saturated heterocycles. The maximum absolute atomic E-state index is 12.5. The molecule has 2 saturated carbocycles. The molecule has 8 fully saturated rings. The Bertz CT molecular complexity index is 1830. The summed E-state index contributed by atoms with van der Waals surface area (Å²) < 4.78 is 15.3. The molecule has 8 aliphatic rings. The van der Waals surface area contributed by atoms with E-state index in [2.05, 4.69) is 26.9 Å². The van der Waals surface area contributed by atoms with Crippen LogP contribution in [0.25, 0.3) is 0 Å². The lowest BCUT2D eigenvalue weighted by Gasteiger charge is -2.52. The van der Waals surface area contributed by atoms with Crippen LogP contribution in [0.15, 0.2) is 30.3 Å². The van der Waals surface area contributed by atoms with Gasteiger partial charge in [0.25, 0.3) is 0 Å². The first-order valence-corrected chi connectivity index (χ1v) is 26.8. The predicted octanol–water partition coefficient (Wildman–Crippen LogP) is 7.72. The average Bonchev–Trinajstić information content (AvgIpc) is 4.18. The Morgan fingerprint density at radius 2 is 1.24 bits per heavy atom. The summed E-state index contributed by atoms with van der Waals surface area (Å²) in [4.78, 5) is 70.5. The van der Waals surface area contributed by atoms with Crippen molar-refractivity contribution in [3.63, 3.8) is 0 Å². The SMILES string of the molecule is CCCC(=O)N1CCCC1C1CCN(C2CC3(CCN(C(=O)OCC)C3)C2)CC1.CCOC(=O)N1CCC2(CC(N3CCC(C4CCCN4)CC3)C2)C1.CN(CC(=O)O)C(=O)OCc1ccccc1.Cl. The fraction of sp³-hybridized carbons (Fsp3) is 0.792. The van der Waals surface area contributed by atoms with E-state index in [1.54, 1.807) is 0 Å². The second-order valence-corrected chi connectivity index (χ2v) is 21.7. The highest BCUT2D eigenvalue weighted by molar-refractivity contribution is 5.85. The van der Waals surface area contributed by atoms with E-state index in [1.165, 1.54) is 123 Å². The van der Waals surface area contributed by atoms with Crippen LogP contribution in [0.1, 0.15) is 129 Å². The third kappa shape index (κ3) is 14.4. The van der Waals surface area contributed by atoms with Gasteiger partial charge in [0.1, 0.15) is 13.2 Å². The zero-order chi connectivity index (χ0) is 49.0. The van der Waals surface area contributed by atoms with Crippen molar-refractivity contribution in [1.29, 1.82) is 0 Å². The lowest BCUT2D eigenvalue weighted by Crippen LogP contribution is -2.55. The Morgan fingerprint density at radius 3 is 1.73 bits per heavy atom. The van der Waals surface area contributed by atoms with E-state index in [9.17, 15) is 24.0 Å². The number of carboxylic acid groups (broad SMARTS) is 1. The molecule has 2 atom stereocenters. The van der Waals surface area contributed by atoms with Gasteiger partial charge >= 0.3 is 24.2 Å². The summed E-state index contributed by atoms with van der Waals surface area (Å²) in [5.74, 6) is 0.905. The van der Waals surface area contributed by atoms with E-state index >= 15 is 0 Å². The van der Waals surface area contributed by atoms with Gasteiger partial charge in [-0.05, 0) is 171 Å². The molecule has 4 amide bonds. The highest BCUT2D eigenvalue weighted by Crippen LogP contribution is 2.52. The minimum absolute atomic E-state index is 0. The number of likely N-dealkylation sites (N-methyl/N-ethyl adjacent to an activating group) is 1. The molecule has 16 nitrogen and oxygen atoms in total. The molecule has 17 heteroatoms. The van der Waals surface area contributed by atoms with Crippen LogP contribution >= 0.6 is 12.4 Å². The van der Waals surface area contributed by atoms with Crippen LogP contribution in [-0.4, -0.2) is 181 Å².